The van der Waals surface area contributed by atoms with Crippen molar-refractivity contribution < 1.29 is 23.0 Å². The predicted molar refractivity (Wildman–Crippen MR) is 107 cm³/mol. The first-order chi connectivity index (χ1) is 14.5. The Bertz CT molecular complexity index is 1010. The van der Waals surface area contributed by atoms with Gasteiger partial charge < -0.3 is 14.8 Å². The average Bonchev–Trinajstić information content (AvgIpc) is 3.22. The number of rotatable bonds is 9. The zero-order chi connectivity index (χ0) is 21.3. The van der Waals surface area contributed by atoms with E-state index >= 15 is 0 Å². The Hall–Kier alpha value is -3.75. The zero-order valence-corrected chi connectivity index (χ0v) is 16.2. The molecule has 0 radical (unpaired) electrons. The quantitative estimate of drug-likeness (QED) is 0.536. The molecule has 9 heteroatoms. The van der Waals surface area contributed by atoms with Crippen molar-refractivity contribution in [3.8, 4) is 11.5 Å². The molecule has 0 bridgehead atoms. The Kier molecular flexibility index (Phi) is 7.09. The lowest BCUT2D eigenvalue weighted by Crippen LogP contribution is -2.11. The molecule has 0 atom stereocenters. The number of amides is 1. The van der Waals surface area contributed by atoms with E-state index in [-0.39, 0.29) is 24.0 Å². The van der Waals surface area contributed by atoms with Crippen LogP contribution in [0, 0.1) is 0 Å². The van der Waals surface area contributed by atoms with E-state index in [4.69, 9.17) is 4.74 Å². The van der Waals surface area contributed by atoms with Gasteiger partial charge in [0.15, 0.2) is 11.5 Å². The number of nitrogens with zero attached hydrogens (tertiary/aromatic N) is 3. The molecule has 0 aliphatic rings. The summed E-state index contributed by atoms with van der Waals surface area (Å²) in [6, 6.07) is 11.8. The summed E-state index contributed by atoms with van der Waals surface area (Å²) in [6.07, 6.45) is 5.95. The summed E-state index contributed by atoms with van der Waals surface area (Å²) in [7, 11) is 0. The molecule has 2 aromatic carbocycles. The van der Waals surface area contributed by atoms with Gasteiger partial charge in [-0.1, -0.05) is 24.3 Å². The molecule has 1 amide bonds. The summed E-state index contributed by atoms with van der Waals surface area (Å²) in [6.45, 7) is -0.466. The van der Waals surface area contributed by atoms with E-state index < -0.39 is 6.61 Å². The van der Waals surface area contributed by atoms with E-state index in [2.05, 4.69) is 20.1 Å². The van der Waals surface area contributed by atoms with Gasteiger partial charge in [-0.05, 0) is 42.3 Å². The molecule has 1 aromatic heterocycles. The van der Waals surface area contributed by atoms with E-state index in [1.807, 2.05) is 18.2 Å². The highest BCUT2D eigenvalue weighted by molar-refractivity contribution is 6.02. The number of carbonyl (C=O) groups is 1. The number of anilines is 1. The van der Waals surface area contributed by atoms with Gasteiger partial charge in [0, 0.05) is 11.8 Å². The number of hydrogen-bond donors (Lipinski definition) is 1. The maximum absolute atomic E-state index is 12.5. The first-order valence-corrected chi connectivity index (χ1v) is 9.16. The molecule has 3 aromatic rings. The second kappa shape index (κ2) is 10.1. The van der Waals surface area contributed by atoms with Crippen molar-refractivity contribution in [1.82, 2.24) is 14.8 Å². The van der Waals surface area contributed by atoms with Crippen molar-refractivity contribution in [1.29, 1.82) is 0 Å². The van der Waals surface area contributed by atoms with E-state index in [0.29, 0.717) is 17.8 Å². The van der Waals surface area contributed by atoms with Crippen molar-refractivity contribution in [2.75, 3.05) is 11.9 Å². The second-order valence-corrected chi connectivity index (χ2v) is 6.09. The summed E-state index contributed by atoms with van der Waals surface area (Å²) in [5, 5.41) is 6.89. The molecule has 156 valence electrons. The fraction of sp³-hybridized carbons (Fsp3) is 0.190. The van der Waals surface area contributed by atoms with Crippen molar-refractivity contribution in [2.24, 2.45) is 0 Å². The molecule has 0 spiro atoms. The third-order valence-electron chi connectivity index (χ3n) is 3.98. The Morgan fingerprint density at radius 3 is 2.80 bits per heavy atom. The predicted octanol–water partition coefficient (Wildman–Crippen LogP) is 3.98. The smallest absolute Gasteiger partial charge is 0.387 e. The summed E-state index contributed by atoms with van der Waals surface area (Å²) in [5.74, 6) is -0.221. The summed E-state index contributed by atoms with van der Waals surface area (Å²) < 4.78 is 36.4. The molecular formula is C21H20F2N4O3. The number of hydrogen-bond acceptors (Lipinski definition) is 5. The molecule has 3 rings (SSSR count). The molecule has 0 saturated heterocycles. The van der Waals surface area contributed by atoms with Crippen molar-refractivity contribution >= 4 is 17.7 Å². The van der Waals surface area contributed by atoms with Gasteiger partial charge in [-0.3, -0.25) is 4.79 Å². The highest BCUT2D eigenvalue weighted by atomic mass is 19.3. The molecule has 0 aliphatic carbocycles. The maximum atomic E-state index is 12.5. The van der Waals surface area contributed by atoms with Crippen LogP contribution < -0.4 is 14.8 Å². The summed E-state index contributed by atoms with van der Waals surface area (Å²) in [4.78, 5) is 16.3. The number of halogens is 2. The SMILES string of the molecule is CCOc1cc(/C=C/C(=O)Nc2ccccc2Cn2cncn2)ccc1OC(F)F. The lowest BCUT2D eigenvalue weighted by molar-refractivity contribution is -0.111. The van der Waals surface area contributed by atoms with Gasteiger partial charge in [0.25, 0.3) is 0 Å². The van der Waals surface area contributed by atoms with E-state index in [0.717, 1.165) is 5.56 Å². The number of carbonyl (C=O) groups excluding carboxylic acids is 1. The van der Waals surface area contributed by atoms with Gasteiger partial charge in [-0.25, -0.2) is 9.67 Å². The van der Waals surface area contributed by atoms with Gasteiger partial charge in [0.1, 0.15) is 12.7 Å². The van der Waals surface area contributed by atoms with E-state index in [9.17, 15) is 13.6 Å². The number of nitrogens with one attached hydrogen (secondary N) is 1. The minimum absolute atomic E-state index is 0.0597. The number of ether oxygens (including phenoxy) is 2. The number of para-hydroxylation sites is 1. The Labute approximate surface area is 172 Å². The van der Waals surface area contributed by atoms with Crippen LogP contribution in [0.1, 0.15) is 18.1 Å². The largest absolute Gasteiger partial charge is 0.490 e. The van der Waals surface area contributed by atoms with Gasteiger partial charge in [-0.2, -0.15) is 13.9 Å². The van der Waals surface area contributed by atoms with Crippen LogP contribution >= 0.6 is 0 Å². The minimum Gasteiger partial charge on any atom is -0.490 e. The number of alkyl halides is 2. The van der Waals surface area contributed by atoms with Crippen LogP contribution in [0.2, 0.25) is 0 Å². The van der Waals surface area contributed by atoms with Crippen molar-refractivity contribution in [3.63, 3.8) is 0 Å². The third kappa shape index (κ3) is 5.87. The fourth-order valence-corrected chi connectivity index (χ4v) is 2.71. The third-order valence-corrected chi connectivity index (χ3v) is 3.98. The van der Waals surface area contributed by atoms with E-state index in [1.54, 1.807) is 36.1 Å². The summed E-state index contributed by atoms with van der Waals surface area (Å²) >= 11 is 0. The Morgan fingerprint density at radius 1 is 1.23 bits per heavy atom. The monoisotopic (exact) mass is 414 g/mol. The van der Waals surface area contributed by atoms with Crippen LogP contribution in [-0.4, -0.2) is 33.9 Å². The molecule has 1 heterocycles. The van der Waals surface area contributed by atoms with Crippen LogP contribution in [0.3, 0.4) is 0 Å². The molecular weight excluding hydrogens is 394 g/mol. The molecule has 0 saturated carbocycles. The number of aromatic nitrogens is 3. The van der Waals surface area contributed by atoms with Crippen LogP contribution in [0.5, 0.6) is 11.5 Å². The van der Waals surface area contributed by atoms with Gasteiger partial charge in [0.2, 0.25) is 5.91 Å². The standard InChI is InChI=1S/C21H20F2N4O3/c1-2-29-19-11-15(7-9-18(19)30-21(22)23)8-10-20(28)26-17-6-4-3-5-16(17)12-27-14-24-13-25-27/h3-11,13-14,21H,2,12H2,1H3,(H,26,28)/b10-8+. The molecule has 1 N–H and O–H groups in total. The highest BCUT2D eigenvalue weighted by Crippen LogP contribution is 2.30. The lowest BCUT2D eigenvalue weighted by Gasteiger charge is -2.12. The average molecular weight is 414 g/mol. The first-order valence-electron chi connectivity index (χ1n) is 9.16. The van der Waals surface area contributed by atoms with Crippen LogP contribution in [0.25, 0.3) is 6.08 Å². The van der Waals surface area contributed by atoms with Gasteiger partial charge in [-0.15, -0.1) is 0 Å². The molecule has 0 fully saturated rings. The minimum atomic E-state index is -2.95. The molecule has 30 heavy (non-hydrogen) atoms. The van der Waals surface area contributed by atoms with Crippen molar-refractivity contribution in [3.05, 3.63) is 72.3 Å². The van der Waals surface area contributed by atoms with Crippen LogP contribution in [0.15, 0.2) is 61.2 Å². The van der Waals surface area contributed by atoms with E-state index in [1.165, 1.54) is 24.5 Å². The normalized spacial score (nSPS) is 11.1. The molecule has 7 nitrogen and oxygen atoms in total. The molecule has 0 aliphatic heterocycles. The van der Waals surface area contributed by atoms with Crippen LogP contribution in [-0.2, 0) is 11.3 Å². The fourth-order valence-electron chi connectivity index (χ4n) is 2.71. The lowest BCUT2D eigenvalue weighted by atomic mass is 10.1. The first kappa shape index (κ1) is 21.0. The Morgan fingerprint density at radius 2 is 2.07 bits per heavy atom. The number of benzene rings is 2. The van der Waals surface area contributed by atoms with Gasteiger partial charge in [0.05, 0.1) is 13.2 Å². The summed E-state index contributed by atoms with van der Waals surface area (Å²) in [5.41, 5.74) is 2.13. The van der Waals surface area contributed by atoms with Crippen LogP contribution in [0.4, 0.5) is 14.5 Å². The van der Waals surface area contributed by atoms with Gasteiger partial charge >= 0.3 is 6.61 Å². The topological polar surface area (TPSA) is 78.3 Å². The highest BCUT2D eigenvalue weighted by Gasteiger charge is 2.11. The Balaban J connectivity index is 1.70. The van der Waals surface area contributed by atoms with Crippen molar-refractivity contribution in [2.45, 2.75) is 20.1 Å². The zero-order valence-electron chi connectivity index (χ0n) is 16.2. The molecule has 0 unspecified atom stereocenters. The maximum Gasteiger partial charge on any atom is 0.387 e. The second-order valence-electron chi connectivity index (χ2n) is 6.09.